The van der Waals surface area contributed by atoms with E-state index in [0.717, 1.165) is 0 Å². The Morgan fingerprint density at radius 2 is 1.81 bits per heavy atom. The molecule has 0 saturated carbocycles. The Kier molecular flexibility index (Phi) is 4.28. The number of rotatable bonds is 3. The van der Waals surface area contributed by atoms with E-state index in [1.165, 1.54) is 36.4 Å². The fraction of sp³-hybridized carbons (Fsp3) is 0. The number of nitrogen functional groups attached to an aromatic ring is 1. The standard InChI is InChI=1S/C13H9Cl2N3O2S/c14-11-3-2-10(6-12(11)15)21(19,20)18-13-4-1-9(17)5-8(13)7-16/h1-6,18H,17H2. The summed E-state index contributed by atoms with van der Waals surface area (Å²) >= 11 is 11.6. The van der Waals surface area contributed by atoms with E-state index in [-0.39, 0.29) is 26.2 Å². The topological polar surface area (TPSA) is 96.0 Å². The van der Waals surface area contributed by atoms with Crippen LogP contribution in [0.15, 0.2) is 41.3 Å². The van der Waals surface area contributed by atoms with Crippen LogP contribution in [0.4, 0.5) is 11.4 Å². The zero-order chi connectivity index (χ0) is 15.6. The SMILES string of the molecule is N#Cc1cc(N)ccc1NS(=O)(=O)c1ccc(Cl)c(Cl)c1. The molecule has 5 nitrogen and oxygen atoms in total. The molecule has 0 aliphatic rings. The average Bonchev–Trinajstić information content (AvgIpc) is 2.43. The summed E-state index contributed by atoms with van der Waals surface area (Å²) in [6, 6.07) is 10.1. The highest BCUT2D eigenvalue weighted by Gasteiger charge is 2.17. The lowest BCUT2D eigenvalue weighted by Crippen LogP contribution is -2.14. The number of nitrogens with two attached hydrogens (primary N) is 1. The molecule has 0 saturated heterocycles. The molecule has 2 aromatic carbocycles. The van der Waals surface area contributed by atoms with E-state index in [2.05, 4.69) is 4.72 Å². The molecule has 108 valence electrons. The molecule has 21 heavy (non-hydrogen) atoms. The number of sulfonamides is 1. The molecule has 8 heteroatoms. The quantitative estimate of drug-likeness (QED) is 0.837. The van der Waals surface area contributed by atoms with Gasteiger partial charge in [-0.25, -0.2) is 8.42 Å². The molecular formula is C13H9Cl2N3O2S. The Labute approximate surface area is 132 Å². The van der Waals surface area contributed by atoms with Gasteiger partial charge in [0.05, 0.1) is 26.2 Å². The van der Waals surface area contributed by atoms with Crippen molar-refractivity contribution in [2.45, 2.75) is 4.90 Å². The van der Waals surface area contributed by atoms with Crippen LogP contribution in [0.3, 0.4) is 0 Å². The van der Waals surface area contributed by atoms with E-state index < -0.39 is 10.0 Å². The molecule has 0 heterocycles. The van der Waals surface area contributed by atoms with Gasteiger partial charge < -0.3 is 5.73 Å². The number of nitriles is 1. The first-order valence-corrected chi connectivity index (χ1v) is 7.85. The third-order valence-corrected chi connectivity index (χ3v) is 4.71. The zero-order valence-electron chi connectivity index (χ0n) is 10.5. The van der Waals surface area contributed by atoms with Crippen LogP contribution in [0.1, 0.15) is 5.56 Å². The minimum Gasteiger partial charge on any atom is -0.399 e. The second-order valence-corrected chi connectivity index (χ2v) is 6.60. The van der Waals surface area contributed by atoms with Gasteiger partial charge in [-0.15, -0.1) is 0 Å². The van der Waals surface area contributed by atoms with Gasteiger partial charge in [0.15, 0.2) is 0 Å². The summed E-state index contributed by atoms with van der Waals surface area (Å²) in [5.41, 5.74) is 6.18. The Balaban J connectivity index is 2.42. The number of hydrogen-bond donors (Lipinski definition) is 2. The molecular weight excluding hydrogens is 333 g/mol. The molecule has 3 N–H and O–H groups in total. The highest BCUT2D eigenvalue weighted by atomic mass is 35.5. The number of nitrogens with one attached hydrogen (secondary N) is 1. The van der Waals surface area contributed by atoms with Gasteiger partial charge in [-0.3, -0.25) is 4.72 Å². The fourth-order valence-electron chi connectivity index (χ4n) is 1.59. The van der Waals surface area contributed by atoms with E-state index in [0.29, 0.717) is 5.69 Å². The van der Waals surface area contributed by atoms with Crippen molar-refractivity contribution >= 4 is 44.6 Å². The van der Waals surface area contributed by atoms with Gasteiger partial charge in [0.2, 0.25) is 0 Å². The van der Waals surface area contributed by atoms with E-state index in [1.54, 1.807) is 0 Å². The van der Waals surface area contributed by atoms with Crippen molar-refractivity contribution in [2.75, 3.05) is 10.5 Å². The molecule has 2 aromatic rings. The van der Waals surface area contributed by atoms with Crippen LogP contribution in [0.2, 0.25) is 10.0 Å². The Hall–Kier alpha value is -1.94. The number of benzene rings is 2. The molecule has 0 spiro atoms. The van der Waals surface area contributed by atoms with Crippen LogP contribution < -0.4 is 10.5 Å². The maximum absolute atomic E-state index is 12.3. The molecule has 0 radical (unpaired) electrons. The van der Waals surface area contributed by atoms with Crippen molar-refractivity contribution in [3.63, 3.8) is 0 Å². The smallest absolute Gasteiger partial charge is 0.261 e. The molecule has 0 bridgehead atoms. The van der Waals surface area contributed by atoms with Gasteiger partial charge in [-0.1, -0.05) is 23.2 Å². The molecule has 0 aliphatic carbocycles. The first kappa shape index (κ1) is 15.4. The van der Waals surface area contributed by atoms with Crippen molar-refractivity contribution in [3.05, 3.63) is 52.0 Å². The van der Waals surface area contributed by atoms with Crippen LogP contribution >= 0.6 is 23.2 Å². The molecule has 0 unspecified atom stereocenters. The lowest BCUT2D eigenvalue weighted by molar-refractivity contribution is 0.601. The van der Waals surface area contributed by atoms with Crippen LogP contribution in [0.25, 0.3) is 0 Å². The number of halogens is 2. The summed E-state index contributed by atoms with van der Waals surface area (Å²) < 4.78 is 26.8. The average molecular weight is 342 g/mol. The van der Waals surface area contributed by atoms with Crippen LogP contribution in [-0.4, -0.2) is 8.42 Å². The summed E-state index contributed by atoms with van der Waals surface area (Å²) in [6.45, 7) is 0. The third-order valence-electron chi connectivity index (χ3n) is 2.61. The predicted octanol–water partition coefficient (Wildman–Crippen LogP) is 3.25. The van der Waals surface area contributed by atoms with Crippen molar-refractivity contribution in [1.82, 2.24) is 0 Å². The second kappa shape index (κ2) is 5.82. The molecule has 0 amide bonds. The first-order valence-electron chi connectivity index (χ1n) is 5.61. The summed E-state index contributed by atoms with van der Waals surface area (Å²) in [5, 5.41) is 9.39. The Morgan fingerprint density at radius 1 is 1.10 bits per heavy atom. The third kappa shape index (κ3) is 3.39. The maximum atomic E-state index is 12.3. The van der Waals surface area contributed by atoms with Crippen LogP contribution in [-0.2, 0) is 10.0 Å². The van der Waals surface area contributed by atoms with Gasteiger partial charge in [0.25, 0.3) is 10.0 Å². The number of anilines is 2. The molecule has 0 atom stereocenters. The zero-order valence-corrected chi connectivity index (χ0v) is 12.8. The van der Waals surface area contributed by atoms with Crippen molar-refractivity contribution in [2.24, 2.45) is 0 Å². The molecule has 2 rings (SSSR count). The van der Waals surface area contributed by atoms with E-state index >= 15 is 0 Å². The molecule has 0 aliphatic heterocycles. The van der Waals surface area contributed by atoms with E-state index in [9.17, 15) is 8.42 Å². The molecule has 0 aromatic heterocycles. The van der Waals surface area contributed by atoms with Gasteiger partial charge in [-0.05, 0) is 36.4 Å². The normalized spacial score (nSPS) is 10.9. The van der Waals surface area contributed by atoms with Crippen molar-refractivity contribution in [3.8, 4) is 6.07 Å². The van der Waals surface area contributed by atoms with Crippen LogP contribution in [0, 0.1) is 11.3 Å². The van der Waals surface area contributed by atoms with E-state index in [4.69, 9.17) is 34.2 Å². The Morgan fingerprint density at radius 3 is 2.43 bits per heavy atom. The van der Waals surface area contributed by atoms with Crippen LogP contribution in [0.5, 0.6) is 0 Å². The van der Waals surface area contributed by atoms with Crippen molar-refractivity contribution < 1.29 is 8.42 Å². The van der Waals surface area contributed by atoms with Gasteiger partial charge >= 0.3 is 0 Å². The van der Waals surface area contributed by atoms with E-state index in [1.807, 2.05) is 6.07 Å². The highest BCUT2D eigenvalue weighted by molar-refractivity contribution is 7.92. The minimum absolute atomic E-state index is 0.0578. The predicted molar refractivity (Wildman–Crippen MR) is 82.8 cm³/mol. The van der Waals surface area contributed by atoms with Crippen molar-refractivity contribution in [1.29, 1.82) is 5.26 Å². The summed E-state index contributed by atoms with van der Waals surface area (Å²) in [7, 11) is -3.88. The second-order valence-electron chi connectivity index (χ2n) is 4.10. The monoisotopic (exact) mass is 341 g/mol. The lowest BCUT2D eigenvalue weighted by atomic mass is 10.2. The van der Waals surface area contributed by atoms with Gasteiger partial charge in [0, 0.05) is 5.69 Å². The number of hydrogen-bond acceptors (Lipinski definition) is 4. The first-order chi connectivity index (χ1) is 9.83. The number of nitrogens with zero attached hydrogens (tertiary/aromatic N) is 1. The summed E-state index contributed by atoms with van der Waals surface area (Å²) in [6.07, 6.45) is 0. The summed E-state index contributed by atoms with van der Waals surface area (Å²) in [4.78, 5) is -0.0578. The highest BCUT2D eigenvalue weighted by Crippen LogP contribution is 2.27. The largest absolute Gasteiger partial charge is 0.399 e. The van der Waals surface area contributed by atoms with Gasteiger partial charge in [-0.2, -0.15) is 5.26 Å². The fourth-order valence-corrected chi connectivity index (χ4v) is 3.06. The summed E-state index contributed by atoms with van der Waals surface area (Å²) in [5.74, 6) is 0. The maximum Gasteiger partial charge on any atom is 0.261 e. The Bertz CT molecular complexity index is 845. The lowest BCUT2D eigenvalue weighted by Gasteiger charge is -2.10. The molecule has 0 fully saturated rings. The van der Waals surface area contributed by atoms with Gasteiger partial charge in [0.1, 0.15) is 6.07 Å². The minimum atomic E-state index is -3.88.